The SMILES string of the molecule is Cc1nn(C)c(C)c1S(=O)(=O)NCCCCCC(=O)O. The van der Waals surface area contributed by atoms with E-state index in [4.69, 9.17) is 5.11 Å². The van der Waals surface area contributed by atoms with Gasteiger partial charge in [0.05, 0.1) is 11.4 Å². The Labute approximate surface area is 119 Å². The van der Waals surface area contributed by atoms with Crippen molar-refractivity contribution in [1.29, 1.82) is 0 Å². The van der Waals surface area contributed by atoms with Crippen LogP contribution < -0.4 is 4.72 Å². The molecule has 0 aliphatic carbocycles. The quantitative estimate of drug-likeness (QED) is 0.697. The molecule has 0 spiro atoms. The Hall–Kier alpha value is -1.41. The number of hydrogen-bond donors (Lipinski definition) is 2. The van der Waals surface area contributed by atoms with Crippen molar-refractivity contribution < 1.29 is 18.3 Å². The predicted octanol–water partition coefficient (Wildman–Crippen LogP) is 0.960. The Morgan fingerprint density at radius 1 is 1.30 bits per heavy atom. The van der Waals surface area contributed by atoms with Crippen molar-refractivity contribution >= 4 is 16.0 Å². The third-order valence-corrected chi connectivity index (χ3v) is 4.78. The second kappa shape index (κ2) is 6.85. The van der Waals surface area contributed by atoms with Gasteiger partial charge in [-0.15, -0.1) is 0 Å². The van der Waals surface area contributed by atoms with Crippen molar-refractivity contribution in [2.75, 3.05) is 6.54 Å². The number of carboxylic acid groups (broad SMARTS) is 1. The lowest BCUT2D eigenvalue weighted by Crippen LogP contribution is -2.25. The highest BCUT2D eigenvalue weighted by molar-refractivity contribution is 7.89. The fraction of sp³-hybridized carbons (Fsp3) is 0.667. The maximum atomic E-state index is 12.2. The molecule has 114 valence electrons. The van der Waals surface area contributed by atoms with E-state index in [1.807, 2.05) is 0 Å². The van der Waals surface area contributed by atoms with Crippen LogP contribution in [0.25, 0.3) is 0 Å². The molecule has 1 aromatic rings. The van der Waals surface area contributed by atoms with Crippen LogP contribution in [0.1, 0.15) is 37.1 Å². The highest BCUT2D eigenvalue weighted by Gasteiger charge is 2.22. The van der Waals surface area contributed by atoms with E-state index < -0.39 is 16.0 Å². The van der Waals surface area contributed by atoms with Gasteiger partial charge in [0.2, 0.25) is 10.0 Å². The Morgan fingerprint density at radius 2 is 1.95 bits per heavy atom. The van der Waals surface area contributed by atoms with E-state index in [1.165, 1.54) is 4.68 Å². The molecule has 1 aromatic heterocycles. The van der Waals surface area contributed by atoms with Crippen molar-refractivity contribution in [3.05, 3.63) is 11.4 Å². The minimum Gasteiger partial charge on any atom is -0.481 e. The average molecular weight is 303 g/mol. The van der Waals surface area contributed by atoms with Crippen LogP contribution in [0, 0.1) is 13.8 Å². The average Bonchev–Trinajstić information content (AvgIpc) is 2.57. The number of sulfonamides is 1. The van der Waals surface area contributed by atoms with Gasteiger partial charge < -0.3 is 5.11 Å². The minimum absolute atomic E-state index is 0.119. The summed E-state index contributed by atoms with van der Waals surface area (Å²) in [6.07, 6.45) is 1.97. The number of nitrogens with one attached hydrogen (secondary N) is 1. The van der Waals surface area contributed by atoms with Gasteiger partial charge >= 0.3 is 5.97 Å². The van der Waals surface area contributed by atoms with Gasteiger partial charge in [-0.05, 0) is 26.7 Å². The number of hydrogen-bond acceptors (Lipinski definition) is 4. The lowest BCUT2D eigenvalue weighted by Gasteiger charge is -2.07. The largest absolute Gasteiger partial charge is 0.481 e. The molecule has 0 radical (unpaired) electrons. The minimum atomic E-state index is -3.55. The van der Waals surface area contributed by atoms with Crippen molar-refractivity contribution in [2.24, 2.45) is 7.05 Å². The van der Waals surface area contributed by atoms with Crippen LogP contribution in [0.2, 0.25) is 0 Å². The van der Waals surface area contributed by atoms with Crippen LogP contribution in [-0.2, 0) is 21.9 Å². The van der Waals surface area contributed by atoms with E-state index in [1.54, 1.807) is 20.9 Å². The first-order valence-corrected chi connectivity index (χ1v) is 7.95. The number of carboxylic acids is 1. The molecule has 20 heavy (non-hydrogen) atoms. The molecule has 8 heteroatoms. The summed E-state index contributed by atoms with van der Waals surface area (Å²) < 4.78 is 28.4. The van der Waals surface area contributed by atoms with Crippen LogP contribution in [0.5, 0.6) is 0 Å². The highest BCUT2D eigenvalue weighted by atomic mass is 32.2. The molecule has 0 atom stereocenters. The number of nitrogens with zero attached hydrogens (tertiary/aromatic N) is 2. The summed E-state index contributed by atoms with van der Waals surface area (Å²) in [5, 5.41) is 12.6. The zero-order valence-electron chi connectivity index (χ0n) is 12.0. The van der Waals surface area contributed by atoms with E-state index >= 15 is 0 Å². The van der Waals surface area contributed by atoms with E-state index in [0.29, 0.717) is 37.2 Å². The molecule has 0 bridgehead atoms. The molecule has 1 rings (SSSR count). The molecule has 0 aliphatic heterocycles. The molecule has 0 aromatic carbocycles. The molecular formula is C12H21N3O4S. The first-order valence-electron chi connectivity index (χ1n) is 6.47. The zero-order chi connectivity index (χ0) is 15.3. The Bertz CT molecular complexity index is 578. The van der Waals surface area contributed by atoms with Gasteiger partial charge in [0.25, 0.3) is 0 Å². The van der Waals surface area contributed by atoms with E-state index in [-0.39, 0.29) is 11.3 Å². The zero-order valence-corrected chi connectivity index (χ0v) is 12.8. The Morgan fingerprint density at radius 3 is 2.45 bits per heavy atom. The summed E-state index contributed by atoms with van der Waals surface area (Å²) in [4.78, 5) is 10.6. The molecule has 2 N–H and O–H groups in total. The van der Waals surface area contributed by atoms with E-state index in [2.05, 4.69) is 9.82 Å². The number of aliphatic carboxylic acids is 1. The van der Waals surface area contributed by atoms with Crippen LogP contribution in [0.15, 0.2) is 4.90 Å². The van der Waals surface area contributed by atoms with Crippen LogP contribution in [-0.4, -0.2) is 35.8 Å². The molecule has 7 nitrogen and oxygen atoms in total. The third-order valence-electron chi connectivity index (χ3n) is 3.07. The fourth-order valence-corrected chi connectivity index (χ4v) is 3.51. The van der Waals surface area contributed by atoms with Crippen molar-refractivity contribution in [1.82, 2.24) is 14.5 Å². The second-order valence-corrected chi connectivity index (χ2v) is 6.43. The highest BCUT2D eigenvalue weighted by Crippen LogP contribution is 2.18. The lowest BCUT2D eigenvalue weighted by atomic mass is 10.2. The summed E-state index contributed by atoms with van der Waals surface area (Å²) in [7, 11) is -1.85. The number of rotatable bonds is 8. The number of carbonyl (C=O) groups is 1. The molecule has 1 heterocycles. The number of unbranched alkanes of at least 4 members (excludes halogenated alkanes) is 2. The van der Waals surface area contributed by atoms with E-state index in [9.17, 15) is 13.2 Å². The normalized spacial score (nSPS) is 11.8. The van der Waals surface area contributed by atoms with Crippen molar-refractivity contribution in [3.63, 3.8) is 0 Å². The van der Waals surface area contributed by atoms with Gasteiger partial charge in [0.1, 0.15) is 4.90 Å². The first kappa shape index (κ1) is 16.6. The molecule has 0 saturated carbocycles. The standard InChI is InChI=1S/C12H21N3O4S/c1-9-12(10(2)15(3)14-9)20(18,19)13-8-6-4-5-7-11(16)17/h13H,4-8H2,1-3H3,(H,16,17). The van der Waals surface area contributed by atoms with Gasteiger partial charge in [-0.1, -0.05) is 6.42 Å². The fourth-order valence-electron chi connectivity index (χ4n) is 2.00. The topological polar surface area (TPSA) is 101 Å². The molecule has 0 amide bonds. The summed E-state index contributed by atoms with van der Waals surface area (Å²) >= 11 is 0. The monoisotopic (exact) mass is 303 g/mol. The van der Waals surface area contributed by atoms with Crippen LogP contribution in [0.4, 0.5) is 0 Å². The predicted molar refractivity (Wildman–Crippen MR) is 74.0 cm³/mol. The maximum absolute atomic E-state index is 12.2. The number of aromatic nitrogens is 2. The van der Waals surface area contributed by atoms with Gasteiger partial charge in [-0.2, -0.15) is 5.10 Å². The van der Waals surface area contributed by atoms with E-state index in [0.717, 1.165) is 0 Å². The van der Waals surface area contributed by atoms with Crippen molar-refractivity contribution in [2.45, 2.75) is 44.4 Å². The summed E-state index contributed by atoms with van der Waals surface area (Å²) in [5.41, 5.74) is 1.07. The third kappa shape index (κ3) is 4.31. The summed E-state index contributed by atoms with van der Waals surface area (Å²) in [6.45, 7) is 3.67. The smallest absolute Gasteiger partial charge is 0.303 e. The summed E-state index contributed by atoms with van der Waals surface area (Å²) in [5.74, 6) is -0.827. The second-order valence-electron chi connectivity index (χ2n) is 4.73. The maximum Gasteiger partial charge on any atom is 0.303 e. The van der Waals surface area contributed by atoms with Crippen LogP contribution >= 0.6 is 0 Å². The lowest BCUT2D eigenvalue weighted by molar-refractivity contribution is -0.137. The molecule has 0 unspecified atom stereocenters. The van der Waals surface area contributed by atoms with Crippen molar-refractivity contribution in [3.8, 4) is 0 Å². The van der Waals surface area contributed by atoms with Gasteiger partial charge in [-0.3, -0.25) is 9.48 Å². The molecule has 0 aliphatic rings. The van der Waals surface area contributed by atoms with Gasteiger partial charge in [0.15, 0.2) is 0 Å². The first-order chi connectivity index (χ1) is 9.25. The van der Waals surface area contributed by atoms with Crippen LogP contribution in [0.3, 0.4) is 0 Å². The molecule has 0 fully saturated rings. The molecular weight excluding hydrogens is 282 g/mol. The Kier molecular flexibility index (Phi) is 5.70. The number of aryl methyl sites for hydroxylation is 2. The summed E-state index contributed by atoms with van der Waals surface area (Å²) in [6, 6.07) is 0. The Balaban J connectivity index is 2.52. The van der Waals surface area contributed by atoms with Gasteiger partial charge in [0, 0.05) is 20.0 Å². The molecule has 0 saturated heterocycles. The van der Waals surface area contributed by atoms with Gasteiger partial charge in [-0.25, -0.2) is 13.1 Å².